The van der Waals surface area contributed by atoms with E-state index >= 15 is 0 Å². The molecule has 0 saturated heterocycles. The van der Waals surface area contributed by atoms with Crippen LogP contribution in [0.5, 0.6) is 0 Å². The van der Waals surface area contributed by atoms with Gasteiger partial charge in [0, 0.05) is 6.08 Å². The second-order valence-electron chi connectivity index (χ2n) is 6.49. The van der Waals surface area contributed by atoms with Gasteiger partial charge in [-0.2, -0.15) is 5.26 Å². The zero-order valence-electron chi connectivity index (χ0n) is 12.5. The van der Waals surface area contributed by atoms with Crippen LogP contribution in [-0.4, -0.2) is 21.8 Å². The maximum absolute atomic E-state index is 11.0. The van der Waals surface area contributed by atoms with Crippen molar-refractivity contribution in [2.45, 2.75) is 57.5 Å². The summed E-state index contributed by atoms with van der Waals surface area (Å²) in [5, 5.41) is 28.7. The van der Waals surface area contributed by atoms with E-state index in [9.17, 15) is 15.2 Å². The lowest BCUT2D eigenvalue weighted by Gasteiger charge is -2.26. The smallest absolute Gasteiger partial charge is 0.328 e. The van der Waals surface area contributed by atoms with Crippen LogP contribution in [0.3, 0.4) is 0 Å². The van der Waals surface area contributed by atoms with E-state index in [1.807, 2.05) is 0 Å². The van der Waals surface area contributed by atoms with Crippen LogP contribution in [0.2, 0.25) is 0 Å². The molecule has 0 spiro atoms. The molecular weight excluding hydrogens is 266 g/mol. The maximum Gasteiger partial charge on any atom is 0.328 e. The molecule has 0 aromatic heterocycles. The Hall–Kier alpha value is -1.60. The monoisotopic (exact) mass is 289 g/mol. The van der Waals surface area contributed by atoms with Crippen LogP contribution in [0.1, 0.15) is 51.9 Å². The molecule has 2 rings (SSSR count). The molecular formula is C17H23NO3. The minimum atomic E-state index is -1.20. The summed E-state index contributed by atoms with van der Waals surface area (Å²) in [6.45, 7) is 1.64. The highest BCUT2D eigenvalue weighted by Crippen LogP contribution is 2.54. The first-order chi connectivity index (χ1) is 9.90. The number of nitriles is 1. The molecule has 0 aliphatic heterocycles. The Morgan fingerprint density at radius 1 is 1.33 bits per heavy atom. The molecule has 2 saturated carbocycles. The molecule has 2 fully saturated rings. The summed E-state index contributed by atoms with van der Waals surface area (Å²) in [5.41, 5.74) is -1.13. The van der Waals surface area contributed by atoms with Crippen molar-refractivity contribution in [1.82, 2.24) is 0 Å². The van der Waals surface area contributed by atoms with E-state index in [0.29, 0.717) is 12.8 Å². The van der Waals surface area contributed by atoms with Gasteiger partial charge in [0.2, 0.25) is 0 Å². The molecule has 0 heterocycles. The zero-order valence-corrected chi connectivity index (χ0v) is 12.5. The number of carbonyl (C=O) groups is 1. The highest BCUT2D eigenvalue weighted by atomic mass is 16.4. The van der Waals surface area contributed by atoms with E-state index in [-0.39, 0.29) is 5.92 Å². The zero-order chi connectivity index (χ0) is 15.5. The van der Waals surface area contributed by atoms with Crippen LogP contribution in [0.25, 0.3) is 0 Å². The number of allylic oxidation sites excluding steroid dienone is 2. The molecule has 0 bridgehead atoms. The van der Waals surface area contributed by atoms with Crippen molar-refractivity contribution >= 4 is 5.97 Å². The lowest BCUT2D eigenvalue weighted by molar-refractivity contribution is -0.131. The van der Waals surface area contributed by atoms with Crippen molar-refractivity contribution in [3.63, 3.8) is 0 Å². The minimum absolute atomic E-state index is 0.249. The Balaban J connectivity index is 2.17. The predicted octanol–water partition coefficient (Wildman–Crippen LogP) is 3.19. The van der Waals surface area contributed by atoms with Crippen molar-refractivity contribution in [2.75, 3.05) is 0 Å². The summed E-state index contributed by atoms with van der Waals surface area (Å²) in [6.07, 6.45) is 11.4. The average Bonchev–Trinajstić information content (AvgIpc) is 3.25. The van der Waals surface area contributed by atoms with E-state index in [2.05, 4.69) is 6.07 Å². The Kier molecular flexibility index (Phi) is 4.53. The van der Waals surface area contributed by atoms with E-state index in [0.717, 1.165) is 31.3 Å². The van der Waals surface area contributed by atoms with Gasteiger partial charge in [0.05, 0.1) is 17.1 Å². The van der Waals surface area contributed by atoms with Gasteiger partial charge in [0.25, 0.3) is 0 Å². The second kappa shape index (κ2) is 6.03. The van der Waals surface area contributed by atoms with E-state index in [4.69, 9.17) is 5.11 Å². The molecule has 4 nitrogen and oxygen atoms in total. The van der Waals surface area contributed by atoms with Crippen LogP contribution in [-0.2, 0) is 4.79 Å². The fourth-order valence-corrected chi connectivity index (χ4v) is 3.15. The lowest BCUT2D eigenvalue weighted by atomic mass is 9.81. The first-order valence-corrected chi connectivity index (χ1v) is 7.68. The van der Waals surface area contributed by atoms with Crippen LogP contribution < -0.4 is 0 Å². The Bertz CT molecular complexity index is 501. The third-order valence-electron chi connectivity index (χ3n) is 4.90. The van der Waals surface area contributed by atoms with Crippen molar-refractivity contribution in [3.8, 4) is 6.07 Å². The number of rotatable bonds is 5. The minimum Gasteiger partial charge on any atom is -0.478 e. The first-order valence-electron chi connectivity index (χ1n) is 7.68. The molecule has 2 aliphatic rings. The van der Waals surface area contributed by atoms with Gasteiger partial charge >= 0.3 is 5.97 Å². The topological polar surface area (TPSA) is 81.3 Å². The van der Waals surface area contributed by atoms with Gasteiger partial charge in [0.1, 0.15) is 0 Å². The number of aliphatic hydroxyl groups is 1. The van der Waals surface area contributed by atoms with Gasteiger partial charge in [-0.15, -0.1) is 0 Å². The summed E-state index contributed by atoms with van der Waals surface area (Å²) in [5.74, 6) is -0.708. The van der Waals surface area contributed by atoms with Crippen LogP contribution in [0.4, 0.5) is 0 Å². The van der Waals surface area contributed by atoms with Crippen LogP contribution in [0.15, 0.2) is 23.8 Å². The van der Waals surface area contributed by atoms with E-state index < -0.39 is 17.0 Å². The molecule has 1 atom stereocenters. The molecule has 0 radical (unpaired) electrons. The van der Waals surface area contributed by atoms with Gasteiger partial charge in [-0.25, -0.2) is 4.79 Å². The van der Waals surface area contributed by atoms with Crippen molar-refractivity contribution < 1.29 is 15.0 Å². The number of carboxylic acids is 1. The summed E-state index contributed by atoms with van der Waals surface area (Å²) in [6, 6.07) is 2.20. The Labute approximate surface area is 125 Å². The molecule has 0 amide bonds. The molecule has 2 N–H and O–H groups in total. The largest absolute Gasteiger partial charge is 0.478 e. The first kappa shape index (κ1) is 15.8. The number of hydrogen-bond donors (Lipinski definition) is 2. The van der Waals surface area contributed by atoms with Crippen molar-refractivity contribution in [1.29, 1.82) is 5.26 Å². The maximum atomic E-state index is 11.0. The molecule has 0 aromatic rings. The van der Waals surface area contributed by atoms with Crippen molar-refractivity contribution in [3.05, 3.63) is 23.8 Å². The van der Waals surface area contributed by atoms with Crippen molar-refractivity contribution in [2.24, 2.45) is 11.3 Å². The quantitative estimate of drug-likeness (QED) is 0.601. The molecule has 4 heteroatoms. The van der Waals surface area contributed by atoms with Gasteiger partial charge in [-0.1, -0.05) is 31.4 Å². The Morgan fingerprint density at radius 3 is 2.43 bits per heavy atom. The molecule has 114 valence electrons. The number of aliphatic carboxylic acids is 1. The van der Waals surface area contributed by atoms with Gasteiger partial charge in [0.15, 0.2) is 0 Å². The summed E-state index contributed by atoms with van der Waals surface area (Å²) in [7, 11) is 0. The fraction of sp³-hybridized carbons (Fsp3) is 0.647. The molecule has 0 aromatic carbocycles. The third-order valence-corrected chi connectivity index (χ3v) is 4.90. The Morgan fingerprint density at radius 2 is 1.95 bits per heavy atom. The lowest BCUT2D eigenvalue weighted by Crippen LogP contribution is -2.33. The molecule has 2 aliphatic carbocycles. The molecule has 21 heavy (non-hydrogen) atoms. The number of carboxylic acid groups (broad SMARTS) is 1. The van der Waals surface area contributed by atoms with E-state index in [1.165, 1.54) is 12.5 Å². The fourth-order valence-electron chi connectivity index (χ4n) is 3.15. The normalized spacial score (nSPS) is 25.3. The SMILES string of the molecule is C[C@](O)(/C=C/C(=C\C(=O)O)C1CCCCC1)C1(C#N)CC1. The van der Waals surface area contributed by atoms with Crippen LogP contribution in [0, 0.1) is 22.7 Å². The second-order valence-corrected chi connectivity index (χ2v) is 6.49. The molecule has 0 unspecified atom stereocenters. The van der Waals surface area contributed by atoms with Gasteiger partial charge in [-0.05, 0) is 44.1 Å². The predicted molar refractivity (Wildman–Crippen MR) is 79.3 cm³/mol. The highest BCUT2D eigenvalue weighted by molar-refractivity contribution is 5.81. The average molecular weight is 289 g/mol. The van der Waals surface area contributed by atoms with E-state index in [1.54, 1.807) is 19.1 Å². The summed E-state index contributed by atoms with van der Waals surface area (Å²) < 4.78 is 0. The standard InChI is InChI=1S/C17H23NO3/c1-16(21,17(12-18)9-10-17)8-7-14(11-15(19)20)13-5-3-2-4-6-13/h7-8,11,13,21H,2-6,9-10H2,1H3,(H,19,20)/b8-7+,14-11+/t16-/m0/s1. The van der Waals surface area contributed by atoms with Gasteiger partial charge in [-0.3, -0.25) is 0 Å². The summed E-state index contributed by atoms with van der Waals surface area (Å²) >= 11 is 0. The van der Waals surface area contributed by atoms with Crippen LogP contribution >= 0.6 is 0 Å². The van der Waals surface area contributed by atoms with Gasteiger partial charge < -0.3 is 10.2 Å². The summed E-state index contributed by atoms with van der Waals surface area (Å²) in [4.78, 5) is 11.0. The highest BCUT2D eigenvalue weighted by Gasteiger charge is 2.55. The number of hydrogen-bond acceptors (Lipinski definition) is 3. The third kappa shape index (κ3) is 3.54. The number of nitrogens with zero attached hydrogens (tertiary/aromatic N) is 1.